The molecule has 1 fully saturated rings. The van der Waals surface area contributed by atoms with Crippen LogP contribution in [0.1, 0.15) is 58.3 Å². The summed E-state index contributed by atoms with van der Waals surface area (Å²) in [6.07, 6.45) is 5.50. The van der Waals surface area contributed by atoms with Crippen LogP contribution in [-0.2, 0) is 11.2 Å². The zero-order valence-electron chi connectivity index (χ0n) is 22.3. The quantitative estimate of drug-likeness (QED) is 0.254. The lowest BCUT2D eigenvalue weighted by atomic mass is 9.97. The summed E-state index contributed by atoms with van der Waals surface area (Å²) in [6, 6.07) is 13.0. The van der Waals surface area contributed by atoms with Gasteiger partial charge in [0.2, 0.25) is 5.91 Å². The summed E-state index contributed by atoms with van der Waals surface area (Å²) in [4.78, 5) is 50.8. The molecule has 1 atom stereocenters. The molecule has 1 saturated carbocycles. The Morgan fingerprint density at radius 2 is 1.83 bits per heavy atom. The Balaban J connectivity index is 1.55. The summed E-state index contributed by atoms with van der Waals surface area (Å²) in [7, 11) is 1.43. The number of nitrogens with one attached hydrogen (secondary N) is 1. The van der Waals surface area contributed by atoms with Gasteiger partial charge in [0, 0.05) is 40.5 Å². The van der Waals surface area contributed by atoms with Crippen LogP contribution in [0, 0.1) is 0 Å². The van der Waals surface area contributed by atoms with Gasteiger partial charge in [-0.15, -0.1) is 0 Å². The van der Waals surface area contributed by atoms with Crippen molar-refractivity contribution in [3.05, 3.63) is 99.2 Å². The maximum absolute atomic E-state index is 13.7. The Labute approximate surface area is 240 Å². The Hall–Kier alpha value is -4.70. The number of carboxylic acid groups (broad SMARTS) is 1. The minimum Gasteiger partial charge on any atom is -0.495 e. The Morgan fingerprint density at radius 1 is 1.10 bits per heavy atom. The number of halogens is 1. The molecule has 0 saturated heterocycles. The standard InChI is InChI=1S/C30H27ClN4O6/c1-17(36)23-10-5-19(31)13-24(23)25-15-28(37)34(16-27(25)41-2)26(14-21-11-12-35(33-21)22-8-9-22)29(38)32-20-6-3-18(4-7-20)30(39)40/h3-7,10-13,15-16,22,26H,8-9,14H2,1-2H3,(H,32,38)(H,39,40)/t26-/m1/s1. The molecule has 210 valence electrons. The van der Waals surface area contributed by atoms with Gasteiger partial charge in [0.25, 0.3) is 5.56 Å². The number of aromatic nitrogens is 3. The highest BCUT2D eigenvalue weighted by Gasteiger charge is 2.28. The average molecular weight is 575 g/mol. The SMILES string of the molecule is COc1cn([C@H](Cc2ccn(C3CC3)n2)C(=O)Nc2ccc(C(=O)O)cc2)c(=O)cc1-c1cc(Cl)ccc1C(C)=O. The third kappa shape index (κ3) is 6.07. The molecule has 1 aliphatic rings. The fourth-order valence-electron chi connectivity index (χ4n) is 4.66. The van der Waals surface area contributed by atoms with E-state index in [9.17, 15) is 24.3 Å². The van der Waals surface area contributed by atoms with Crippen molar-refractivity contribution in [1.82, 2.24) is 14.3 Å². The molecule has 10 nitrogen and oxygen atoms in total. The summed E-state index contributed by atoms with van der Waals surface area (Å²) < 4.78 is 8.77. The molecule has 0 bridgehead atoms. The normalized spacial score (nSPS) is 13.4. The molecule has 2 aromatic carbocycles. The molecule has 41 heavy (non-hydrogen) atoms. The summed E-state index contributed by atoms with van der Waals surface area (Å²) >= 11 is 6.22. The Morgan fingerprint density at radius 3 is 2.46 bits per heavy atom. The van der Waals surface area contributed by atoms with Gasteiger partial charge in [-0.05, 0) is 73.9 Å². The van der Waals surface area contributed by atoms with Crippen LogP contribution in [0.25, 0.3) is 11.1 Å². The number of aromatic carboxylic acids is 1. The molecular weight excluding hydrogens is 548 g/mol. The fourth-order valence-corrected chi connectivity index (χ4v) is 4.83. The molecule has 1 aliphatic carbocycles. The molecule has 11 heteroatoms. The van der Waals surface area contributed by atoms with E-state index in [1.54, 1.807) is 18.2 Å². The van der Waals surface area contributed by atoms with E-state index in [1.165, 1.54) is 55.1 Å². The second-order valence-corrected chi connectivity index (χ2v) is 10.3. The van der Waals surface area contributed by atoms with E-state index in [2.05, 4.69) is 10.4 Å². The van der Waals surface area contributed by atoms with Gasteiger partial charge in [-0.25, -0.2) is 4.79 Å². The average Bonchev–Trinajstić information content (AvgIpc) is 3.69. The number of Topliss-reactive ketones (excluding diaryl/α,β-unsaturated/α-hetero) is 1. The second kappa shape index (κ2) is 11.4. The minimum absolute atomic E-state index is 0.0765. The second-order valence-electron chi connectivity index (χ2n) is 9.86. The molecule has 2 N–H and O–H groups in total. The topological polar surface area (TPSA) is 133 Å². The lowest BCUT2D eigenvalue weighted by Gasteiger charge is -2.21. The van der Waals surface area contributed by atoms with Crippen LogP contribution in [0.4, 0.5) is 5.69 Å². The van der Waals surface area contributed by atoms with Gasteiger partial charge in [0.1, 0.15) is 11.8 Å². The predicted octanol–water partition coefficient (Wildman–Crippen LogP) is 5.03. The number of ketones is 1. The number of carboxylic acids is 1. The first kappa shape index (κ1) is 27.9. The predicted molar refractivity (Wildman–Crippen MR) is 153 cm³/mol. The first-order valence-corrected chi connectivity index (χ1v) is 13.3. The zero-order chi connectivity index (χ0) is 29.3. The number of benzene rings is 2. The maximum Gasteiger partial charge on any atom is 0.335 e. The van der Waals surface area contributed by atoms with Crippen LogP contribution in [0.5, 0.6) is 5.75 Å². The Bertz CT molecular complexity index is 1700. The van der Waals surface area contributed by atoms with Gasteiger partial charge in [-0.3, -0.25) is 23.6 Å². The highest BCUT2D eigenvalue weighted by molar-refractivity contribution is 6.31. The number of amides is 1. The van der Waals surface area contributed by atoms with Crippen molar-refractivity contribution < 1.29 is 24.2 Å². The van der Waals surface area contributed by atoms with Crippen molar-refractivity contribution >= 4 is 34.9 Å². The largest absolute Gasteiger partial charge is 0.495 e. The van der Waals surface area contributed by atoms with Crippen molar-refractivity contribution in [2.45, 2.75) is 38.3 Å². The van der Waals surface area contributed by atoms with Crippen LogP contribution < -0.4 is 15.6 Å². The number of hydrogen-bond donors (Lipinski definition) is 2. The number of rotatable bonds is 10. The molecule has 1 amide bonds. The lowest BCUT2D eigenvalue weighted by molar-refractivity contribution is -0.119. The Kier molecular flexibility index (Phi) is 7.76. The highest BCUT2D eigenvalue weighted by atomic mass is 35.5. The van der Waals surface area contributed by atoms with Crippen LogP contribution in [0.2, 0.25) is 5.02 Å². The van der Waals surface area contributed by atoms with Gasteiger partial charge >= 0.3 is 5.97 Å². The molecule has 4 aromatic rings. The monoisotopic (exact) mass is 574 g/mol. The summed E-state index contributed by atoms with van der Waals surface area (Å²) in [5, 5.41) is 17.0. The molecule has 0 radical (unpaired) electrons. The van der Waals surface area contributed by atoms with Crippen LogP contribution in [0.3, 0.4) is 0 Å². The van der Waals surface area contributed by atoms with Gasteiger partial charge in [-0.2, -0.15) is 5.10 Å². The van der Waals surface area contributed by atoms with Gasteiger partial charge in [-0.1, -0.05) is 11.6 Å². The third-order valence-electron chi connectivity index (χ3n) is 6.94. The molecule has 0 spiro atoms. The number of pyridine rings is 1. The van der Waals surface area contributed by atoms with Crippen LogP contribution >= 0.6 is 11.6 Å². The number of anilines is 1. The highest BCUT2D eigenvalue weighted by Crippen LogP contribution is 2.35. The number of hydrogen-bond acceptors (Lipinski definition) is 6. The van der Waals surface area contributed by atoms with Crippen molar-refractivity contribution in [3.8, 4) is 16.9 Å². The summed E-state index contributed by atoms with van der Waals surface area (Å²) in [6.45, 7) is 1.42. The summed E-state index contributed by atoms with van der Waals surface area (Å²) in [5.41, 5.74) is 1.74. The van der Waals surface area contributed by atoms with Crippen LogP contribution in [-0.4, -0.2) is 44.2 Å². The van der Waals surface area contributed by atoms with Gasteiger partial charge in [0.15, 0.2) is 5.78 Å². The van der Waals surface area contributed by atoms with E-state index >= 15 is 0 Å². The molecule has 0 aliphatic heterocycles. The van der Waals surface area contributed by atoms with E-state index in [4.69, 9.17) is 16.3 Å². The summed E-state index contributed by atoms with van der Waals surface area (Å²) in [5.74, 6) is -1.53. The zero-order valence-corrected chi connectivity index (χ0v) is 23.1. The van der Waals surface area contributed by atoms with E-state index in [1.807, 2.05) is 16.9 Å². The van der Waals surface area contributed by atoms with E-state index in [0.717, 1.165) is 12.8 Å². The van der Waals surface area contributed by atoms with E-state index < -0.39 is 23.5 Å². The van der Waals surface area contributed by atoms with Crippen molar-refractivity contribution in [3.63, 3.8) is 0 Å². The number of carbonyl (C=O) groups excluding carboxylic acids is 2. The fraction of sp³-hybridized carbons (Fsp3) is 0.233. The third-order valence-corrected chi connectivity index (χ3v) is 7.18. The molecule has 5 rings (SSSR count). The number of ether oxygens (including phenoxy) is 1. The molecule has 0 unspecified atom stereocenters. The van der Waals surface area contributed by atoms with E-state index in [-0.39, 0.29) is 23.5 Å². The number of methoxy groups -OCH3 is 1. The number of nitrogens with zero attached hydrogens (tertiary/aromatic N) is 3. The van der Waals surface area contributed by atoms with E-state index in [0.29, 0.717) is 39.1 Å². The van der Waals surface area contributed by atoms with Crippen molar-refractivity contribution in [2.75, 3.05) is 12.4 Å². The lowest BCUT2D eigenvalue weighted by Crippen LogP contribution is -2.34. The van der Waals surface area contributed by atoms with Crippen molar-refractivity contribution in [1.29, 1.82) is 0 Å². The first-order chi connectivity index (χ1) is 19.6. The molecular formula is C30H27ClN4O6. The maximum atomic E-state index is 13.7. The first-order valence-electron chi connectivity index (χ1n) is 12.9. The molecule has 2 aromatic heterocycles. The van der Waals surface area contributed by atoms with Crippen LogP contribution in [0.15, 0.2) is 71.8 Å². The van der Waals surface area contributed by atoms with Crippen molar-refractivity contribution in [2.24, 2.45) is 0 Å². The van der Waals surface area contributed by atoms with Gasteiger partial charge < -0.3 is 15.2 Å². The minimum atomic E-state index is -1.08. The molecule has 2 heterocycles. The van der Waals surface area contributed by atoms with Gasteiger partial charge in [0.05, 0.1) is 30.6 Å². The number of carbonyl (C=O) groups is 3. The smallest absolute Gasteiger partial charge is 0.335 e.